The molecule has 0 bridgehead atoms. The van der Waals surface area contributed by atoms with Gasteiger partial charge < -0.3 is 14.7 Å². The number of carboxylic acid groups (broad SMARTS) is 1. The lowest BCUT2D eigenvalue weighted by Gasteiger charge is -2.25. The van der Waals surface area contributed by atoms with E-state index in [0.29, 0.717) is 4.90 Å². The minimum atomic E-state index is -1.23. The van der Waals surface area contributed by atoms with E-state index in [9.17, 15) is 14.4 Å². The molecule has 20 heavy (non-hydrogen) atoms. The van der Waals surface area contributed by atoms with E-state index >= 15 is 0 Å². The fourth-order valence-electron chi connectivity index (χ4n) is 1.82. The molecule has 0 unspecified atom stereocenters. The summed E-state index contributed by atoms with van der Waals surface area (Å²) in [7, 11) is 3.43. The number of amides is 2. The molecule has 1 aliphatic rings. The predicted molar refractivity (Wildman–Crippen MR) is 70.9 cm³/mol. The number of rotatable bonds is 2. The number of ether oxygens (including phenoxy) is 1. The van der Waals surface area contributed by atoms with Gasteiger partial charge in [0.15, 0.2) is 0 Å². The second-order valence-electron chi connectivity index (χ2n) is 5.83. The number of imide groups is 1. The van der Waals surface area contributed by atoms with Gasteiger partial charge in [-0.1, -0.05) is 0 Å². The number of hydrogen-bond acceptors (Lipinski definition) is 5. The van der Waals surface area contributed by atoms with Crippen molar-refractivity contribution in [3.8, 4) is 0 Å². The van der Waals surface area contributed by atoms with Gasteiger partial charge in [0.05, 0.1) is 0 Å². The third kappa shape index (κ3) is 3.72. The molecule has 7 nitrogen and oxygen atoms in total. The Kier molecular flexibility index (Phi) is 4.42. The van der Waals surface area contributed by atoms with Crippen molar-refractivity contribution in [2.45, 2.75) is 38.8 Å². The number of carbonyl (C=O) groups is 3. The van der Waals surface area contributed by atoms with Crippen LogP contribution in [0.2, 0.25) is 0 Å². The quantitative estimate of drug-likeness (QED) is 0.763. The highest BCUT2D eigenvalue weighted by Gasteiger charge is 2.45. The van der Waals surface area contributed by atoms with Crippen LogP contribution < -0.4 is 0 Å². The van der Waals surface area contributed by atoms with Gasteiger partial charge >= 0.3 is 12.1 Å². The zero-order valence-corrected chi connectivity index (χ0v) is 12.3. The molecule has 0 aromatic carbocycles. The first kappa shape index (κ1) is 16.0. The second-order valence-corrected chi connectivity index (χ2v) is 5.83. The molecule has 0 aromatic rings. The molecule has 0 saturated carbocycles. The third-order valence-corrected chi connectivity index (χ3v) is 2.51. The molecule has 1 aliphatic heterocycles. The fraction of sp³-hybridized carbons (Fsp3) is 0.615. The summed E-state index contributed by atoms with van der Waals surface area (Å²) >= 11 is 0. The first-order valence-corrected chi connectivity index (χ1v) is 6.19. The molecule has 0 aliphatic carbocycles. The largest absolute Gasteiger partial charge is 0.480 e. The summed E-state index contributed by atoms with van der Waals surface area (Å²) < 4.78 is 5.09. The van der Waals surface area contributed by atoms with Gasteiger partial charge in [0.2, 0.25) is 0 Å². The Labute approximate surface area is 117 Å². The summed E-state index contributed by atoms with van der Waals surface area (Å²) in [6.45, 7) is 4.95. The molecule has 0 aromatic heterocycles. The van der Waals surface area contributed by atoms with Crippen LogP contribution in [0.15, 0.2) is 11.8 Å². The van der Waals surface area contributed by atoms with Gasteiger partial charge in [0.25, 0.3) is 5.91 Å². The number of carbonyl (C=O) groups excluding carboxylic acids is 2. The molecule has 1 N–H and O–H groups in total. The molecule has 2 amide bonds. The van der Waals surface area contributed by atoms with Gasteiger partial charge in [-0.05, 0) is 20.8 Å². The second kappa shape index (κ2) is 5.52. The third-order valence-electron chi connectivity index (χ3n) is 2.51. The molecular formula is C13H20N2O5. The van der Waals surface area contributed by atoms with Crippen molar-refractivity contribution in [2.24, 2.45) is 0 Å². The van der Waals surface area contributed by atoms with Crippen LogP contribution in [0, 0.1) is 0 Å². The lowest BCUT2D eigenvalue weighted by atomic mass is 10.1. The van der Waals surface area contributed by atoms with Crippen molar-refractivity contribution in [3.63, 3.8) is 0 Å². The van der Waals surface area contributed by atoms with Gasteiger partial charge in [0, 0.05) is 32.3 Å². The topological polar surface area (TPSA) is 87.2 Å². The zero-order valence-electron chi connectivity index (χ0n) is 12.3. The number of hydrogen-bond donors (Lipinski definition) is 1. The zero-order chi connectivity index (χ0) is 15.7. The van der Waals surface area contributed by atoms with E-state index < -0.39 is 29.6 Å². The first-order valence-electron chi connectivity index (χ1n) is 6.19. The minimum absolute atomic E-state index is 0.0222. The Balaban J connectivity index is 3.05. The summed E-state index contributed by atoms with van der Waals surface area (Å²) in [6, 6.07) is -1.22. The van der Waals surface area contributed by atoms with Crippen LogP contribution in [0.3, 0.4) is 0 Å². The van der Waals surface area contributed by atoms with E-state index in [2.05, 4.69) is 0 Å². The van der Waals surface area contributed by atoms with Gasteiger partial charge in [-0.2, -0.15) is 0 Å². The number of aliphatic carboxylic acids is 1. The Morgan fingerprint density at radius 2 is 1.95 bits per heavy atom. The molecule has 1 atom stereocenters. The molecule has 112 valence electrons. The van der Waals surface area contributed by atoms with Crippen molar-refractivity contribution < 1.29 is 24.2 Å². The van der Waals surface area contributed by atoms with Crippen LogP contribution >= 0.6 is 0 Å². The lowest BCUT2D eigenvalue weighted by Crippen LogP contribution is -2.45. The molecule has 0 radical (unpaired) electrons. The maximum atomic E-state index is 12.1. The Morgan fingerprint density at radius 3 is 2.35 bits per heavy atom. The van der Waals surface area contributed by atoms with Crippen LogP contribution in [0.1, 0.15) is 27.2 Å². The van der Waals surface area contributed by atoms with Crippen LogP contribution in [0.5, 0.6) is 0 Å². The lowest BCUT2D eigenvalue weighted by molar-refractivity contribution is -0.145. The molecule has 1 rings (SSSR count). The van der Waals surface area contributed by atoms with Crippen LogP contribution in [-0.2, 0) is 14.3 Å². The number of nitrogens with zero attached hydrogens (tertiary/aromatic N) is 2. The van der Waals surface area contributed by atoms with Crippen LogP contribution in [0.4, 0.5) is 4.79 Å². The molecule has 1 saturated heterocycles. The first-order chi connectivity index (χ1) is 9.03. The average Bonchev–Trinajstić information content (AvgIpc) is 2.53. The SMILES string of the molecule is CN(C)C=C1C[C@@H](C(=O)O)N(C(=O)OC(C)(C)C)C1=O. The highest BCUT2D eigenvalue weighted by atomic mass is 16.6. The standard InChI is InChI=1S/C13H20N2O5/c1-13(2,3)20-12(19)15-9(11(17)18)6-8(10(15)16)7-14(4)5/h7,9H,6H2,1-5H3,(H,17,18)/t9-/m0/s1. The highest BCUT2D eigenvalue weighted by Crippen LogP contribution is 2.26. The van der Waals surface area contributed by atoms with E-state index in [1.54, 1.807) is 39.8 Å². The van der Waals surface area contributed by atoms with E-state index in [4.69, 9.17) is 9.84 Å². The van der Waals surface area contributed by atoms with Crippen molar-refractivity contribution >= 4 is 18.0 Å². The van der Waals surface area contributed by atoms with Crippen molar-refractivity contribution in [3.05, 3.63) is 11.8 Å². The van der Waals surface area contributed by atoms with E-state index in [0.717, 1.165) is 0 Å². The fourth-order valence-corrected chi connectivity index (χ4v) is 1.82. The maximum Gasteiger partial charge on any atom is 0.418 e. The normalized spacial score (nSPS) is 21.2. The predicted octanol–water partition coefficient (Wildman–Crippen LogP) is 1.05. The maximum absolute atomic E-state index is 12.1. The molecule has 1 fully saturated rings. The number of likely N-dealkylation sites (tertiary alicyclic amines) is 1. The van der Waals surface area contributed by atoms with Gasteiger partial charge in [0.1, 0.15) is 11.6 Å². The summed E-state index contributed by atoms with van der Waals surface area (Å²) in [5.74, 6) is -1.85. The van der Waals surface area contributed by atoms with Crippen LogP contribution in [-0.4, -0.2) is 58.6 Å². The Bertz CT molecular complexity index is 462. The van der Waals surface area contributed by atoms with E-state index in [1.165, 1.54) is 6.20 Å². The van der Waals surface area contributed by atoms with Crippen molar-refractivity contribution in [1.82, 2.24) is 9.80 Å². The van der Waals surface area contributed by atoms with E-state index in [1.807, 2.05) is 0 Å². The van der Waals surface area contributed by atoms with Crippen molar-refractivity contribution in [2.75, 3.05) is 14.1 Å². The molecule has 7 heteroatoms. The number of carboxylic acids is 1. The summed E-state index contributed by atoms with van der Waals surface area (Å²) in [5.41, 5.74) is -0.526. The molecule has 0 spiro atoms. The summed E-state index contributed by atoms with van der Waals surface area (Å²) in [4.78, 5) is 37.7. The average molecular weight is 284 g/mol. The van der Waals surface area contributed by atoms with E-state index in [-0.39, 0.29) is 12.0 Å². The Morgan fingerprint density at radius 1 is 1.40 bits per heavy atom. The van der Waals surface area contributed by atoms with Gasteiger partial charge in [-0.25, -0.2) is 14.5 Å². The monoisotopic (exact) mass is 284 g/mol. The highest BCUT2D eigenvalue weighted by molar-refractivity contribution is 6.08. The summed E-state index contributed by atoms with van der Waals surface area (Å²) in [5, 5.41) is 9.16. The van der Waals surface area contributed by atoms with Crippen LogP contribution in [0.25, 0.3) is 0 Å². The van der Waals surface area contributed by atoms with Gasteiger partial charge in [-0.3, -0.25) is 4.79 Å². The summed E-state index contributed by atoms with van der Waals surface area (Å²) in [6.07, 6.45) is 0.561. The molecular weight excluding hydrogens is 264 g/mol. The molecule has 1 heterocycles. The minimum Gasteiger partial charge on any atom is -0.480 e. The van der Waals surface area contributed by atoms with Gasteiger partial charge in [-0.15, -0.1) is 0 Å². The Hall–Kier alpha value is -2.05. The smallest absolute Gasteiger partial charge is 0.418 e. The van der Waals surface area contributed by atoms with Crippen molar-refractivity contribution in [1.29, 1.82) is 0 Å².